The average Bonchev–Trinajstić information content (AvgIpc) is 3.03. The Labute approximate surface area is 245 Å². The second-order valence-electron chi connectivity index (χ2n) is 9.91. The number of hydrogen-bond donors (Lipinski definition) is 4. The fourth-order valence-electron chi connectivity index (χ4n) is 5.29. The topological polar surface area (TPSA) is 123 Å². The van der Waals surface area contributed by atoms with Gasteiger partial charge < -0.3 is 31.1 Å². The molecule has 0 radical (unpaired) electrons. The second kappa shape index (κ2) is 13.5. The molecule has 42 heavy (non-hydrogen) atoms. The Bertz CT molecular complexity index is 1430. The minimum atomic E-state index is -0.855. The summed E-state index contributed by atoms with van der Waals surface area (Å²) in [7, 11) is 6.08. The molecule has 1 atom stereocenters. The average molecular weight is 569 g/mol. The molecule has 2 aliphatic heterocycles. The number of likely N-dealkylation sites (N-methyl/N-ethyl adjacent to an activating group) is 4. The molecule has 2 aromatic carbocycles. The summed E-state index contributed by atoms with van der Waals surface area (Å²) in [4.78, 5) is 57.0. The SMILES string of the molecule is CNC(=O)C1=CN(Cc2ccccc2)C(C2C(C(=O)NC)=CN(Cc3ccccc3)C=C2C(=O)NC)C(C(=O)NC)=C1. The lowest BCUT2D eigenvalue weighted by Gasteiger charge is -2.43. The summed E-state index contributed by atoms with van der Waals surface area (Å²) in [5, 5.41) is 10.7. The van der Waals surface area contributed by atoms with Crippen LogP contribution >= 0.6 is 0 Å². The maximum atomic E-state index is 13.5. The third-order valence-corrected chi connectivity index (χ3v) is 7.26. The zero-order chi connectivity index (χ0) is 30.2. The zero-order valence-electron chi connectivity index (χ0n) is 24.2. The third kappa shape index (κ3) is 6.43. The predicted molar refractivity (Wildman–Crippen MR) is 160 cm³/mol. The van der Waals surface area contributed by atoms with Crippen LogP contribution in [0.15, 0.2) is 108 Å². The lowest BCUT2D eigenvalue weighted by molar-refractivity contribution is -0.121. The largest absolute Gasteiger partial charge is 0.364 e. The molecule has 4 rings (SSSR count). The molecule has 10 heteroatoms. The summed E-state index contributed by atoms with van der Waals surface area (Å²) < 4.78 is 0. The van der Waals surface area contributed by atoms with Gasteiger partial charge in [-0.2, -0.15) is 0 Å². The normalized spacial score (nSPS) is 16.8. The van der Waals surface area contributed by atoms with Crippen molar-refractivity contribution in [1.29, 1.82) is 0 Å². The van der Waals surface area contributed by atoms with Crippen molar-refractivity contribution in [3.63, 3.8) is 0 Å². The molecular weight excluding hydrogens is 532 g/mol. The van der Waals surface area contributed by atoms with Gasteiger partial charge in [0.2, 0.25) is 17.7 Å². The highest BCUT2D eigenvalue weighted by molar-refractivity contribution is 6.04. The number of carbonyl (C=O) groups is 4. The summed E-state index contributed by atoms with van der Waals surface area (Å²) in [6.45, 7) is 0.735. The van der Waals surface area contributed by atoms with Crippen molar-refractivity contribution in [2.75, 3.05) is 28.2 Å². The van der Waals surface area contributed by atoms with Crippen molar-refractivity contribution < 1.29 is 19.2 Å². The highest BCUT2D eigenvalue weighted by Crippen LogP contribution is 2.39. The standard InChI is InChI=1S/C32H36N6O4/c1-33-29(39)23-15-24(30(40)34-2)28(38(18-23)17-22-13-9-6-10-14-22)27-25(31(41)35-3)19-37(20-26(27)32(42)36-4)16-21-11-7-5-8-12-21/h5-15,18-20,27-28H,16-17H2,1-4H3,(H,33,39)(H,34,40)(H,35,41)(H,36,42). The first kappa shape index (κ1) is 29.9. The van der Waals surface area contributed by atoms with E-state index in [1.807, 2.05) is 65.6 Å². The van der Waals surface area contributed by atoms with Gasteiger partial charge in [0.05, 0.1) is 11.6 Å². The van der Waals surface area contributed by atoms with Crippen LogP contribution in [-0.2, 0) is 32.3 Å². The molecule has 0 saturated carbocycles. The number of amides is 4. The monoisotopic (exact) mass is 568 g/mol. The van der Waals surface area contributed by atoms with Crippen LogP contribution in [0.4, 0.5) is 0 Å². The van der Waals surface area contributed by atoms with Gasteiger partial charge in [-0.3, -0.25) is 19.2 Å². The number of hydrogen-bond acceptors (Lipinski definition) is 6. The van der Waals surface area contributed by atoms with Gasteiger partial charge in [-0.25, -0.2) is 0 Å². The van der Waals surface area contributed by atoms with Gasteiger partial charge in [0.25, 0.3) is 5.91 Å². The number of nitrogens with zero attached hydrogens (tertiary/aromatic N) is 2. The molecule has 0 spiro atoms. The van der Waals surface area contributed by atoms with E-state index in [2.05, 4.69) is 21.3 Å². The zero-order valence-corrected chi connectivity index (χ0v) is 24.2. The predicted octanol–water partition coefficient (Wildman–Crippen LogP) is 1.56. The Morgan fingerprint density at radius 1 is 0.595 bits per heavy atom. The summed E-state index contributed by atoms with van der Waals surface area (Å²) in [6.07, 6.45) is 6.66. The van der Waals surface area contributed by atoms with Crippen molar-refractivity contribution >= 4 is 23.6 Å². The molecule has 0 aromatic heterocycles. The molecule has 218 valence electrons. The van der Waals surface area contributed by atoms with Gasteiger partial charge in [-0.15, -0.1) is 0 Å². The van der Waals surface area contributed by atoms with E-state index in [0.717, 1.165) is 11.1 Å². The quantitative estimate of drug-likeness (QED) is 0.364. The van der Waals surface area contributed by atoms with Crippen LogP contribution in [-0.4, -0.2) is 67.7 Å². The van der Waals surface area contributed by atoms with Gasteiger partial charge in [0.15, 0.2) is 0 Å². The van der Waals surface area contributed by atoms with Crippen LogP contribution in [0.3, 0.4) is 0 Å². The first-order chi connectivity index (χ1) is 20.3. The maximum Gasteiger partial charge on any atom is 0.252 e. The molecule has 0 saturated heterocycles. The van der Waals surface area contributed by atoms with E-state index < -0.39 is 17.9 Å². The van der Waals surface area contributed by atoms with Crippen molar-refractivity contribution in [2.45, 2.75) is 19.1 Å². The first-order valence-corrected chi connectivity index (χ1v) is 13.7. The molecule has 0 aliphatic carbocycles. The smallest absolute Gasteiger partial charge is 0.252 e. The van der Waals surface area contributed by atoms with Crippen LogP contribution in [0.5, 0.6) is 0 Å². The molecule has 4 N–H and O–H groups in total. The Morgan fingerprint density at radius 2 is 1.05 bits per heavy atom. The van der Waals surface area contributed by atoms with Gasteiger partial charge in [0.1, 0.15) is 0 Å². The van der Waals surface area contributed by atoms with Gasteiger partial charge >= 0.3 is 0 Å². The van der Waals surface area contributed by atoms with Crippen LogP contribution in [0, 0.1) is 5.92 Å². The Hall–Kier alpha value is -5.12. The van der Waals surface area contributed by atoms with E-state index in [0.29, 0.717) is 24.2 Å². The molecule has 0 fully saturated rings. The summed E-state index contributed by atoms with van der Waals surface area (Å²) in [5.41, 5.74) is 3.06. The van der Waals surface area contributed by atoms with Crippen LogP contribution in [0.2, 0.25) is 0 Å². The van der Waals surface area contributed by atoms with Crippen molar-refractivity contribution in [2.24, 2.45) is 5.92 Å². The molecule has 2 heterocycles. The van der Waals surface area contributed by atoms with E-state index in [1.165, 1.54) is 34.3 Å². The fourth-order valence-corrected chi connectivity index (χ4v) is 5.29. The summed E-state index contributed by atoms with van der Waals surface area (Å²) >= 11 is 0. The highest BCUT2D eigenvalue weighted by atomic mass is 16.2. The minimum Gasteiger partial charge on any atom is -0.364 e. The molecule has 0 bridgehead atoms. The van der Waals surface area contributed by atoms with E-state index in [9.17, 15) is 19.2 Å². The lowest BCUT2D eigenvalue weighted by Crippen LogP contribution is -2.50. The molecule has 2 aliphatic rings. The Kier molecular flexibility index (Phi) is 9.59. The molecular formula is C32H36N6O4. The van der Waals surface area contributed by atoms with Gasteiger partial charge in [-0.1, -0.05) is 60.7 Å². The molecule has 2 aromatic rings. The summed E-state index contributed by atoms with van der Waals surface area (Å²) in [5.74, 6) is -2.41. The number of carbonyl (C=O) groups excluding carboxylic acids is 4. The van der Waals surface area contributed by atoms with Crippen LogP contribution in [0.1, 0.15) is 11.1 Å². The third-order valence-electron chi connectivity index (χ3n) is 7.26. The molecule has 1 unspecified atom stereocenters. The number of benzene rings is 2. The van der Waals surface area contributed by atoms with Gasteiger partial charge in [0, 0.05) is 82.5 Å². The highest BCUT2D eigenvalue weighted by Gasteiger charge is 2.44. The molecule has 10 nitrogen and oxygen atoms in total. The van der Waals surface area contributed by atoms with E-state index >= 15 is 0 Å². The second-order valence-corrected chi connectivity index (χ2v) is 9.91. The van der Waals surface area contributed by atoms with E-state index in [4.69, 9.17) is 0 Å². The van der Waals surface area contributed by atoms with Crippen molar-refractivity contribution in [1.82, 2.24) is 31.1 Å². The number of nitrogens with one attached hydrogen (secondary N) is 4. The first-order valence-electron chi connectivity index (χ1n) is 13.7. The fraction of sp³-hybridized carbons (Fsp3) is 0.250. The van der Waals surface area contributed by atoms with Crippen molar-refractivity contribution in [3.8, 4) is 0 Å². The lowest BCUT2D eigenvalue weighted by atomic mass is 9.76. The maximum absolute atomic E-state index is 13.5. The Balaban J connectivity index is 1.91. The van der Waals surface area contributed by atoms with E-state index in [1.54, 1.807) is 23.5 Å². The van der Waals surface area contributed by atoms with Gasteiger partial charge in [-0.05, 0) is 17.2 Å². The van der Waals surface area contributed by atoms with Crippen LogP contribution < -0.4 is 21.3 Å². The van der Waals surface area contributed by atoms with E-state index in [-0.39, 0.29) is 28.9 Å². The molecule has 4 amide bonds. The van der Waals surface area contributed by atoms with Crippen LogP contribution in [0.25, 0.3) is 0 Å². The minimum absolute atomic E-state index is 0.251. The number of rotatable bonds is 9. The van der Waals surface area contributed by atoms with Crippen molar-refractivity contribution in [3.05, 3.63) is 119 Å². The Morgan fingerprint density at radius 3 is 1.52 bits per heavy atom. The summed E-state index contributed by atoms with van der Waals surface area (Å²) in [6, 6.07) is 18.5.